The van der Waals surface area contributed by atoms with Gasteiger partial charge in [-0.25, -0.2) is 0 Å². The van der Waals surface area contributed by atoms with Crippen LogP contribution < -0.4 is 0 Å². The molecule has 1 aliphatic heterocycles. The Kier molecular flexibility index (Phi) is 5.80. The second kappa shape index (κ2) is 7.60. The van der Waals surface area contributed by atoms with Crippen LogP contribution in [0, 0.1) is 0 Å². The Balaban J connectivity index is 1.89. The average molecular weight is 277 g/mol. The Labute approximate surface area is 122 Å². The number of β-amino-alcohol motifs (C(OH)–C–C–N with tert-alkyl or cyclic N) is 1. The molecule has 20 heavy (non-hydrogen) atoms. The molecule has 1 N–H and O–H groups in total. The largest absolute Gasteiger partial charge is 0.392 e. The molecular formula is C16H27N3O. The zero-order valence-electron chi connectivity index (χ0n) is 12.8. The number of hydrogen-bond acceptors (Lipinski definition) is 3. The molecule has 0 amide bonds. The van der Waals surface area contributed by atoms with E-state index in [1.165, 1.54) is 24.0 Å². The van der Waals surface area contributed by atoms with E-state index in [4.69, 9.17) is 0 Å². The van der Waals surface area contributed by atoms with E-state index in [2.05, 4.69) is 29.2 Å². The molecule has 4 heteroatoms. The highest BCUT2D eigenvalue weighted by molar-refractivity contribution is 5.65. The fourth-order valence-corrected chi connectivity index (χ4v) is 2.54. The minimum atomic E-state index is -0.193. The van der Waals surface area contributed by atoms with Gasteiger partial charge in [-0.2, -0.15) is 5.10 Å². The van der Waals surface area contributed by atoms with Gasteiger partial charge in [0, 0.05) is 37.9 Å². The minimum absolute atomic E-state index is 0.193. The van der Waals surface area contributed by atoms with Gasteiger partial charge in [-0.15, -0.1) is 0 Å². The van der Waals surface area contributed by atoms with Gasteiger partial charge in [0.1, 0.15) is 0 Å². The van der Waals surface area contributed by atoms with Crippen LogP contribution in [0.1, 0.15) is 45.1 Å². The van der Waals surface area contributed by atoms with E-state index in [9.17, 15) is 5.11 Å². The van der Waals surface area contributed by atoms with E-state index < -0.39 is 0 Å². The van der Waals surface area contributed by atoms with Crippen molar-refractivity contribution in [3.05, 3.63) is 24.0 Å². The van der Waals surface area contributed by atoms with Gasteiger partial charge in [-0.3, -0.25) is 9.58 Å². The first-order chi connectivity index (χ1) is 9.72. The molecule has 0 saturated carbocycles. The van der Waals surface area contributed by atoms with Crippen molar-refractivity contribution in [1.82, 2.24) is 14.7 Å². The molecule has 1 aliphatic rings. The van der Waals surface area contributed by atoms with Gasteiger partial charge in [0.15, 0.2) is 0 Å². The average Bonchev–Trinajstić information content (AvgIpc) is 2.94. The Bertz CT molecular complexity index is 439. The second-order valence-electron chi connectivity index (χ2n) is 5.65. The van der Waals surface area contributed by atoms with Crippen molar-refractivity contribution in [2.45, 2.75) is 52.2 Å². The van der Waals surface area contributed by atoms with Crippen molar-refractivity contribution >= 4 is 5.57 Å². The molecule has 0 saturated heterocycles. The van der Waals surface area contributed by atoms with Gasteiger partial charge < -0.3 is 5.11 Å². The van der Waals surface area contributed by atoms with Crippen LogP contribution in [0.5, 0.6) is 0 Å². The summed E-state index contributed by atoms with van der Waals surface area (Å²) in [5.74, 6) is 0. The topological polar surface area (TPSA) is 41.3 Å². The highest BCUT2D eigenvalue weighted by Gasteiger charge is 2.16. The SMILES string of the molecule is CCCCn1cc(C2=CCN(CC(O)CC)CC2)cn1. The maximum atomic E-state index is 9.70. The molecule has 2 heterocycles. The van der Waals surface area contributed by atoms with Crippen LogP contribution in [0.15, 0.2) is 18.5 Å². The third kappa shape index (κ3) is 4.18. The molecule has 1 aromatic heterocycles. The molecule has 112 valence electrons. The maximum Gasteiger partial charge on any atom is 0.0664 e. The monoisotopic (exact) mass is 277 g/mol. The lowest BCUT2D eigenvalue weighted by molar-refractivity contribution is 0.115. The predicted molar refractivity (Wildman–Crippen MR) is 82.5 cm³/mol. The Morgan fingerprint density at radius 1 is 1.40 bits per heavy atom. The fourth-order valence-electron chi connectivity index (χ4n) is 2.54. The fraction of sp³-hybridized carbons (Fsp3) is 0.688. The van der Waals surface area contributed by atoms with Crippen molar-refractivity contribution < 1.29 is 5.11 Å². The quantitative estimate of drug-likeness (QED) is 0.832. The van der Waals surface area contributed by atoms with Gasteiger partial charge in [0.05, 0.1) is 12.3 Å². The molecule has 1 atom stereocenters. The van der Waals surface area contributed by atoms with Gasteiger partial charge >= 0.3 is 0 Å². The third-order valence-corrected chi connectivity index (χ3v) is 3.98. The van der Waals surface area contributed by atoms with E-state index in [1.54, 1.807) is 0 Å². The number of aryl methyl sites for hydroxylation is 1. The lowest BCUT2D eigenvalue weighted by Crippen LogP contribution is -2.35. The molecule has 0 aliphatic carbocycles. The van der Waals surface area contributed by atoms with Crippen LogP contribution in [-0.2, 0) is 6.54 Å². The molecule has 2 rings (SSSR count). The van der Waals surface area contributed by atoms with Crippen molar-refractivity contribution in [3.63, 3.8) is 0 Å². The molecule has 0 bridgehead atoms. The standard InChI is InChI=1S/C16H27N3O/c1-3-5-8-19-12-15(11-17-19)14-6-9-18(10-7-14)13-16(20)4-2/h6,11-12,16,20H,3-5,7-10,13H2,1-2H3. The summed E-state index contributed by atoms with van der Waals surface area (Å²) in [7, 11) is 0. The van der Waals surface area contributed by atoms with E-state index in [1.807, 2.05) is 17.8 Å². The highest BCUT2D eigenvalue weighted by atomic mass is 16.3. The maximum absolute atomic E-state index is 9.70. The summed E-state index contributed by atoms with van der Waals surface area (Å²) < 4.78 is 2.05. The molecule has 0 radical (unpaired) electrons. The minimum Gasteiger partial charge on any atom is -0.392 e. The van der Waals surface area contributed by atoms with E-state index in [0.717, 1.165) is 39.0 Å². The van der Waals surface area contributed by atoms with Crippen LogP contribution >= 0.6 is 0 Å². The lowest BCUT2D eigenvalue weighted by atomic mass is 10.0. The third-order valence-electron chi connectivity index (χ3n) is 3.98. The molecule has 1 unspecified atom stereocenters. The number of hydrogen-bond donors (Lipinski definition) is 1. The number of rotatable bonds is 7. The molecule has 0 spiro atoms. The van der Waals surface area contributed by atoms with Crippen molar-refractivity contribution in [1.29, 1.82) is 0 Å². The van der Waals surface area contributed by atoms with Gasteiger partial charge in [-0.05, 0) is 24.8 Å². The van der Waals surface area contributed by atoms with Crippen molar-refractivity contribution in [2.75, 3.05) is 19.6 Å². The zero-order chi connectivity index (χ0) is 14.4. The molecule has 0 aromatic carbocycles. The van der Waals surface area contributed by atoms with Crippen LogP contribution in [0.25, 0.3) is 5.57 Å². The second-order valence-corrected chi connectivity index (χ2v) is 5.65. The van der Waals surface area contributed by atoms with E-state index >= 15 is 0 Å². The normalized spacial score (nSPS) is 18.1. The first-order valence-electron chi connectivity index (χ1n) is 7.85. The number of aliphatic hydroxyl groups excluding tert-OH is 1. The summed E-state index contributed by atoms with van der Waals surface area (Å²) in [6.45, 7) is 8.00. The number of aliphatic hydroxyl groups is 1. The van der Waals surface area contributed by atoms with Gasteiger partial charge in [0.2, 0.25) is 0 Å². The molecule has 0 fully saturated rings. The van der Waals surface area contributed by atoms with Gasteiger partial charge in [-0.1, -0.05) is 26.3 Å². The summed E-state index contributed by atoms with van der Waals surface area (Å²) >= 11 is 0. The molecule has 4 nitrogen and oxygen atoms in total. The van der Waals surface area contributed by atoms with E-state index in [0.29, 0.717) is 0 Å². The summed E-state index contributed by atoms with van der Waals surface area (Å²) in [4.78, 5) is 2.32. The Morgan fingerprint density at radius 3 is 2.90 bits per heavy atom. The lowest BCUT2D eigenvalue weighted by Gasteiger charge is -2.27. The molecule has 1 aromatic rings. The van der Waals surface area contributed by atoms with Crippen LogP contribution in [0.2, 0.25) is 0 Å². The van der Waals surface area contributed by atoms with Crippen LogP contribution in [0.4, 0.5) is 0 Å². The van der Waals surface area contributed by atoms with Crippen molar-refractivity contribution in [3.8, 4) is 0 Å². The molecular weight excluding hydrogens is 250 g/mol. The predicted octanol–water partition coefficient (Wildman–Crippen LogP) is 2.54. The van der Waals surface area contributed by atoms with Gasteiger partial charge in [0.25, 0.3) is 0 Å². The Hall–Kier alpha value is -1.13. The first kappa shape index (κ1) is 15.3. The Morgan fingerprint density at radius 2 is 2.25 bits per heavy atom. The smallest absolute Gasteiger partial charge is 0.0664 e. The summed E-state index contributed by atoms with van der Waals surface area (Å²) in [5, 5.41) is 14.1. The van der Waals surface area contributed by atoms with Crippen LogP contribution in [-0.4, -0.2) is 45.5 Å². The zero-order valence-corrected chi connectivity index (χ0v) is 12.8. The van der Waals surface area contributed by atoms with Crippen LogP contribution in [0.3, 0.4) is 0 Å². The summed E-state index contributed by atoms with van der Waals surface area (Å²) in [6.07, 6.45) is 10.5. The summed E-state index contributed by atoms with van der Waals surface area (Å²) in [5.41, 5.74) is 2.66. The van der Waals surface area contributed by atoms with E-state index in [-0.39, 0.29) is 6.10 Å². The van der Waals surface area contributed by atoms with Crippen molar-refractivity contribution in [2.24, 2.45) is 0 Å². The number of nitrogens with zero attached hydrogens (tertiary/aromatic N) is 3. The first-order valence-corrected chi connectivity index (χ1v) is 7.85. The number of unbranched alkanes of at least 4 members (excludes halogenated alkanes) is 1. The summed E-state index contributed by atoms with van der Waals surface area (Å²) in [6, 6.07) is 0. The highest BCUT2D eigenvalue weighted by Crippen LogP contribution is 2.22. The number of aromatic nitrogens is 2.